The largest absolute Gasteiger partial charge is 0.382 e. The van der Waals surface area contributed by atoms with Crippen molar-refractivity contribution in [2.24, 2.45) is 10.7 Å². The molecule has 0 bridgehead atoms. The van der Waals surface area contributed by atoms with E-state index in [0.717, 1.165) is 0 Å². The van der Waals surface area contributed by atoms with Crippen LogP contribution in [0.4, 0.5) is 15.9 Å². The first-order valence-corrected chi connectivity index (χ1v) is 8.46. The first kappa shape index (κ1) is 17.2. The predicted octanol–water partition coefficient (Wildman–Crippen LogP) is 3.03. The maximum Gasteiger partial charge on any atom is 0.268 e. The standard InChI is InChI=1S/C14H10BrFN6O2S/c1-6-11(25-5-18-6)14(23)20-13-10(21-24-22-13)12(17)19-7-2-3-9(16)8(15)4-7/h2-5H,1H3,(H2,17,19)(H,20,22,23). The lowest BCUT2D eigenvalue weighted by Crippen LogP contribution is -2.19. The molecule has 25 heavy (non-hydrogen) atoms. The molecule has 128 valence electrons. The summed E-state index contributed by atoms with van der Waals surface area (Å²) in [5.74, 6) is -0.848. The van der Waals surface area contributed by atoms with E-state index in [1.807, 2.05) is 0 Å². The van der Waals surface area contributed by atoms with Gasteiger partial charge in [0.25, 0.3) is 5.91 Å². The number of carbonyl (C=O) groups excluding carboxylic acids is 1. The highest BCUT2D eigenvalue weighted by atomic mass is 79.9. The van der Waals surface area contributed by atoms with Crippen molar-refractivity contribution in [3.8, 4) is 0 Å². The van der Waals surface area contributed by atoms with Crippen LogP contribution in [0.15, 0.2) is 37.8 Å². The minimum atomic E-state index is -0.423. The lowest BCUT2D eigenvalue weighted by molar-refractivity contribution is 0.102. The molecular weight excluding hydrogens is 415 g/mol. The van der Waals surface area contributed by atoms with Gasteiger partial charge in [-0.25, -0.2) is 19.0 Å². The normalized spacial score (nSPS) is 11.6. The summed E-state index contributed by atoms with van der Waals surface area (Å²) in [5, 5.41) is 9.84. The number of nitrogens with one attached hydrogen (secondary N) is 1. The third-order valence-electron chi connectivity index (χ3n) is 3.07. The molecule has 2 heterocycles. The Kier molecular flexibility index (Phi) is 4.86. The fraction of sp³-hybridized carbons (Fsp3) is 0.0714. The number of anilines is 1. The van der Waals surface area contributed by atoms with Crippen LogP contribution in [0.2, 0.25) is 0 Å². The average Bonchev–Trinajstić information content (AvgIpc) is 3.19. The zero-order chi connectivity index (χ0) is 18.0. The molecule has 1 aromatic carbocycles. The van der Waals surface area contributed by atoms with Crippen LogP contribution in [0, 0.1) is 12.7 Å². The zero-order valence-corrected chi connectivity index (χ0v) is 15.1. The first-order valence-electron chi connectivity index (χ1n) is 6.79. The highest BCUT2D eigenvalue weighted by Crippen LogP contribution is 2.23. The molecule has 0 radical (unpaired) electrons. The maximum atomic E-state index is 13.3. The number of nitrogens with zero attached hydrogens (tertiary/aromatic N) is 4. The molecule has 0 saturated heterocycles. The fourth-order valence-electron chi connectivity index (χ4n) is 1.87. The van der Waals surface area contributed by atoms with Gasteiger partial charge in [-0.2, -0.15) is 0 Å². The first-order chi connectivity index (χ1) is 12.0. The van der Waals surface area contributed by atoms with Crippen LogP contribution in [-0.4, -0.2) is 27.0 Å². The summed E-state index contributed by atoms with van der Waals surface area (Å²) in [4.78, 5) is 20.8. The number of aryl methyl sites for hydroxylation is 1. The number of amidine groups is 1. The minimum Gasteiger partial charge on any atom is -0.382 e. The molecule has 0 saturated carbocycles. The molecule has 0 unspecified atom stereocenters. The Hall–Kier alpha value is -2.66. The molecule has 0 aliphatic heterocycles. The van der Waals surface area contributed by atoms with Gasteiger partial charge < -0.3 is 11.1 Å². The lowest BCUT2D eigenvalue weighted by atomic mass is 10.3. The van der Waals surface area contributed by atoms with Crippen LogP contribution in [0.25, 0.3) is 0 Å². The Labute approximate surface area is 153 Å². The Balaban J connectivity index is 1.85. The van der Waals surface area contributed by atoms with Crippen molar-refractivity contribution in [3.63, 3.8) is 0 Å². The number of amides is 1. The Morgan fingerprint density at radius 2 is 2.24 bits per heavy atom. The summed E-state index contributed by atoms with van der Waals surface area (Å²) in [6.07, 6.45) is 0. The van der Waals surface area contributed by atoms with E-state index >= 15 is 0 Å². The SMILES string of the molecule is Cc1ncsc1C(=O)Nc1nonc1C(N)=Nc1ccc(F)c(Br)c1. The van der Waals surface area contributed by atoms with E-state index in [1.54, 1.807) is 12.4 Å². The van der Waals surface area contributed by atoms with Crippen LogP contribution in [-0.2, 0) is 0 Å². The number of aromatic nitrogens is 3. The third kappa shape index (κ3) is 3.72. The van der Waals surface area contributed by atoms with E-state index in [1.165, 1.54) is 29.5 Å². The van der Waals surface area contributed by atoms with Gasteiger partial charge in [-0.1, -0.05) is 0 Å². The zero-order valence-electron chi connectivity index (χ0n) is 12.7. The highest BCUT2D eigenvalue weighted by Gasteiger charge is 2.19. The van der Waals surface area contributed by atoms with E-state index in [4.69, 9.17) is 5.73 Å². The second kappa shape index (κ2) is 7.07. The van der Waals surface area contributed by atoms with Gasteiger partial charge in [-0.05, 0) is 51.4 Å². The number of thiazole rings is 1. The summed E-state index contributed by atoms with van der Waals surface area (Å²) in [5.41, 5.74) is 8.52. The van der Waals surface area contributed by atoms with Crippen LogP contribution in [0.5, 0.6) is 0 Å². The van der Waals surface area contributed by atoms with Crippen molar-refractivity contribution in [1.82, 2.24) is 15.3 Å². The number of halogens is 2. The lowest BCUT2D eigenvalue weighted by Gasteiger charge is -2.02. The Morgan fingerprint density at radius 3 is 2.92 bits per heavy atom. The van der Waals surface area contributed by atoms with E-state index in [9.17, 15) is 9.18 Å². The average molecular weight is 425 g/mol. The summed E-state index contributed by atoms with van der Waals surface area (Å²) in [7, 11) is 0. The van der Waals surface area contributed by atoms with Gasteiger partial charge in [0.05, 0.1) is 21.4 Å². The monoisotopic (exact) mass is 424 g/mol. The van der Waals surface area contributed by atoms with Crippen LogP contribution >= 0.6 is 27.3 Å². The molecule has 1 amide bonds. The number of hydrogen-bond acceptors (Lipinski definition) is 7. The molecule has 0 atom stereocenters. The fourth-order valence-corrected chi connectivity index (χ4v) is 2.93. The molecule has 3 rings (SSSR count). The number of benzene rings is 1. The molecule has 0 aliphatic rings. The maximum absolute atomic E-state index is 13.3. The second-order valence-electron chi connectivity index (χ2n) is 4.78. The summed E-state index contributed by atoms with van der Waals surface area (Å²) in [6, 6.07) is 4.14. The van der Waals surface area contributed by atoms with Gasteiger partial charge >= 0.3 is 0 Å². The molecule has 0 fully saturated rings. The number of nitrogens with two attached hydrogens (primary N) is 1. The topological polar surface area (TPSA) is 119 Å². The Bertz CT molecular complexity index is 970. The van der Waals surface area contributed by atoms with E-state index in [0.29, 0.717) is 16.3 Å². The summed E-state index contributed by atoms with van der Waals surface area (Å²) >= 11 is 4.26. The van der Waals surface area contributed by atoms with Gasteiger partial charge in [0, 0.05) is 0 Å². The smallest absolute Gasteiger partial charge is 0.268 e. The molecule has 0 spiro atoms. The second-order valence-corrected chi connectivity index (χ2v) is 6.49. The highest BCUT2D eigenvalue weighted by molar-refractivity contribution is 9.10. The van der Waals surface area contributed by atoms with Gasteiger partial charge in [-0.15, -0.1) is 11.3 Å². The van der Waals surface area contributed by atoms with Gasteiger partial charge in [0.2, 0.25) is 5.82 Å². The van der Waals surface area contributed by atoms with Crippen molar-refractivity contribution in [2.75, 3.05) is 5.32 Å². The van der Waals surface area contributed by atoms with Crippen LogP contribution in [0.1, 0.15) is 21.1 Å². The predicted molar refractivity (Wildman–Crippen MR) is 93.6 cm³/mol. The molecule has 8 nitrogen and oxygen atoms in total. The van der Waals surface area contributed by atoms with Crippen molar-refractivity contribution < 1.29 is 13.8 Å². The molecule has 0 aliphatic carbocycles. The van der Waals surface area contributed by atoms with Crippen molar-refractivity contribution >= 4 is 50.5 Å². The third-order valence-corrected chi connectivity index (χ3v) is 4.60. The van der Waals surface area contributed by atoms with Crippen molar-refractivity contribution in [3.05, 3.63) is 50.3 Å². The molecule has 11 heteroatoms. The Morgan fingerprint density at radius 1 is 1.44 bits per heavy atom. The quantitative estimate of drug-likeness (QED) is 0.490. The van der Waals surface area contributed by atoms with Crippen molar-refractivity contribution in [1.29, 1.82) is 0 Å². The van der Waals surface area contributed by atoms with Crippen molar-refractivity contribution in [2.45, 2.75) is 6.92 Å². The van der Waals surface area contributed by atoms with Gasteiger partial charge in [0.1, 0.15) is 10.7 Å². The number of hydrogen-bond donors (Lipinski definition) is 2. The van der Waals surface area contributed by atoms with Gasteiger partial charge in [0.15, 0.2) is 11.5 Å². The summed E-state index contributed by atoms with van der Waals surface area (Å²) in [6.45, 7) is 1.72. The van der Waals surface area contributed by atoms with E-state index in [2.05, 4.69) is 46.2 Å². The van der Waals surface area contributed by atoms with Crippen LogP contribution < -0.4 is 11.1 Å². The molecule has 3 N–H and O–H groups in total. The van der Waals surface area contributed by atoms with E-state index < -0.39 is 11.7 Å². The van der Waals surface area contributed by atoms with E-state index in [-0.39, 0.29) is 21.8 Å². The molecule has 2 aromatic heterocycles. The number of rotatable bonds is 4. The molecule has 3 aromatic rings. The minimum absolute atomic E-state index is 0.0280. The van der Waals surface area contributed by atoms with Crippen LogP contribution in [0.3, 0.4) is 0 Å². The summed E-state index contributed by atoms with van der Waals surface area (Å²) < 4.78 is 18.2. The molecular formula is C14H10BrFN6O2S. The number of aliphatic imine (C=N–C) groups is 1. The van der Waals surface area contributed by atoms with Gasteiger partial charge in [-0.3, -0.25) is 4.79 Å². The number of carbonyl (C=O) groups is 1.